The number of aliphatic hydroxyl groups excluding tert-OH is 2. The number of phosphoric acid groups is 1. The Hall–Kier alpha value is -2.99. The van der Waals surface area contributed by atoms with E-state index in [-0.39, 0.29) is 30.3 Å². The maximum absolute atomic E-state index is 14.0. The van der Waals surface area contributed by atoms with E-state index in [1.165, 1.54) is 107 Å². The molecule has 0 saturated carbocycles. The summed E-state index contributed by atoms with van der Waals surface area (Å²) in [5, 5.41) is 35.5. The Labute approximate surface area is 313 Å². The zero-order valence-corrected chi connectivity index (χ0v) is 32.4. The van der Waals surface area contributed by atoms with Crippen LogP contribution in [0.1, 0.15) is 133 Å². The Morgan fingerprint density at radius 1 is 0.981 bits per heavy atom. The van der Waals surface area contributed by atoms with E-state index >= 15 is 0 Å². The van der Waals surface area contributed by atoms with Crippen LogP contribution in [0.25, 0.3) is 5.52 Å². The van der Waals surface area contributed by atoms with Crippen molar-refractivity contribution >= 4 is 19.2 Å². The molecule has 296 valence electrons. The predicted molar refractivity (Wildman–Crippen MR) is 200 cm³/mol. The number of benzene rings is 1. The van der Waals surface area contributed by atoms with E-state index in [1.54, 1.807) is 6.07 Å². The average Bonchev–Trinajstić information content (AvgIpc) is 3.59. The molecule has 0 fully saturated rings. The normalized spacial score (nSPS) is 15.8. The zero-order valence-electron chi connectivity index (χ0n) is 31.5. The Morgan fingerprint density at radius 2 is 1.60 bits per heavy atom. The fourth-order valence-corrected chi connectivity index (χ4v) is 7.02. The van der Waals surface area contributed by atoms with Gasteiger partial charge in [-0.3, -0.25) is 9.05 Å². The second-order valence-corrected chi connectivity index (χ2v) is 15.4. The summed E-state index contributed by atoms with van der Waals surface area (Å²) in [6.45, 7) is 2.68. The number of halogens is 1. The number of hydrogen-bond acceptors (Lipinski definition) is 11. The number of ether oxygens (including phenoxy) is 2. The molecule has 0 radical (unpaired) electrons. The number of aromatic nitrogens is 3. The standard InChI is InChI=1S/C38H59FN5O8P/c1-4-5-6-7-8-9-10-11-12-13-14-15-16-17-18-32(50-25-30-21-29(24-40)22-31(39)23-30)26-51-53(47,48)52-27-38(2,49-3)36(46)35(45)33-19-20-34-37(41)42-28-43-44(33)34/h19-23,28,32,35-36,45-46H,4-18,25-27H2,1-3H3,(H,47,48)(H2,41,42,43)/t32-,35-,36-,38+/m0/s1. The van der Waals surface area contributed by atoms with Crippen molar-refractivity contribution in [2.75, 3.05) is 26.1 Å². The summed E-state index contributed by atoms with van der Waals surface area (Å²) in [6, 6.07) is 8.96. The Balaban J connectivity index is 1.50. The van der Waals surface area contributed by atoms with Crippen LogP contribution in [0.5, 0.6) is 0 Å². The first-order valence-electron chi connectivity index (χ1n) is 18.9. The number of nitrogens with zero attached hydrogens (tertiary/aromatic N) is 4. The number of aliphatic hydroxyl groups is 2. The third-order valence-corrected chi connectivity index (χ3v) is 10.5. The largest absolute Gasteiger partial charge is 0.472 e. The summed E-state index contributed by atoms with van der Waals surface area (Å²) < 4.78 is 50.5. The lowest BCUT2D eigenvalue weighted by atomic mass is 9.93. The number of nitriles is 1. The fraction of sp³-hybridized carbons (Fsp3) is 0.658. The average molecular weight is 764 g/mol. The molecule has 15 heteroatoms. The van der Waals surface area contributed by atoms with Crippen LogP contribution < -0.4 is 5.73 Å². The van der Waals surface area contributed by atoms with Gasteiger partial charge in [0.25, 0.3) is 0 Å². The molecule has 0 amide bonds. The minimum Gasteiger partial charge on any atom is -0.387 e. The van der Waals surface area contributed by atoms with E-state index in [0.717, 1.165) is 31.7 Å². The number of nitrogen functional groups attached to an aromatic ring is 1. The molecule has 53 heavy (non-hydrogen) atoms. The van der Waals surface area contributed by atoms with Crippen molar-refractivity contribution < 1.29 is 42.6 Å². The summed E-state index contributed by atoms with van der Waals surface area (Å²) in [5.41, 5.74) is 5.44. The number of rotatable bonds is 28. The Morgan fingerprint density at radius 3 is 2.21 bits per heavy atom. The number of anilines is 1. The van der Waals surface area contributed by atoms with E-state index in [1.807, 2.05) is 6.07 Å². The first-order valence-corrected chi connectivity index (χ1v) is 20.3. The fourth-order valence-electron chi connectivity index (χ4n) is 6.18. The SMILES string of the molecule is CCCCCCCCCCCCCCCC[C@@H](COP(=O)(O)OC[C@@](C)(OC)[C@@H](O)[C@@H](O)c1ccc2c(N)ncnn12)OCc1cc(F)cc(C#N)c1. The molecule has 0 aliphatic rings. The Bertz CT molecular complexity index is 1610. The zero-order chi connectivity index (χ0) is 38.7. The van der Waals surface area contributed by atoms with Crippen molar-refractivity contribution in [3.05, 3.63) is 59.3 Å². The Kier molecular flexibility index (Phi) is 19.3. The van der Waals surface area contributed by atoms with Gasteiger partial charge in [0.05, 0.1) is 43.3 Å². The van der Waals surface area contributed by atoms with Crippen molar-refractivity contribution in [3.63, 3.8) is 0 Å². The van der Waals surface area contributed by atoms with Crippen LogP contribution in [-0.2, 0) is 29.7 Å². The lowest BCUT2D eigenvalue weighted by Gasteiger charge is -2.35. The van der Waals surface area contributed by atoms with Gasteiger partial charge in [0.2, 0.25) is 0 Å². The summed E-state index contributed by atoms with van der Waals surface area (Å²) in [6.07, 6.45) is 14.8. The van der Waals surface area contributed by atoms with Crippen LogP contribution in [0.3, 0.4) is 0 Å². The monoisotopic (exact) mass is 763 g/mol. The number of phosphoric ester groups is 1. The molecule has 0 aliphatic carbocycles. The van der Waals surface area contributed by atoms with Crippen molar-refractivity contribution in [1.82, 2.24) is 14.6 Å². The maximum atomic E-state index is 14.0. The lowest BCUT2D eigenvalue weighted by Crippen LogP contribution is -2.48. The van der Waals surface area contributed by atoms with E-state index in [0.29, 0.717) is 17.5 Å². The molecular formula is C38H59FN5O8P. The second kappa shape index (κ2) is 23.0. The number of nitrogens with two attached hydrogens (primary N) is 1. The van der Waals surface area contributed by atoms with Gasteiger partial charge in [-0.15, -0.1) is 0 Å². The third-order valence-electron chi connectivity index (χ3n) is 9.60. The molecule has 0 saturated heterocycles. The molecule has 1 unspecified atom stereocenters. The summed E-state index contributed by atoms with van der Waals surface area (Å²) in [4.78, 5) is 14.5. The highest BCUT2D eigenvalue weighted by Gasteiger charge is 2.42. The van der Waals surface area contributed by atoms with Gasteiger partial charge in [-0.1, -0.05) is 96.8 Å². The molecule has 5 atom stereocenters. The third kappa shape index (κ3) is 15.0. The van der Waals surface area contributed by atoms with Gasteiger partial charge in [0, 0.05) is 7.11 Å². The van der Waals surface area contributed by atoms with Gasteiger partial charge in [-0.25, -0.2) is 18.5 Å². The van der Waals surface area contributed by atoms with E-state index < -0.39 is 44.2 Å². The predicted octanol–water partition coefficient (Wildman–Crippen LogP) is 7.71. The highest BCUT2D eigenvalue weighted by atomic mass is 31.2. The van der Waals surface area contributed by atoms with E-state index in [2.05, 4.69) is 17.0 Å². The summed E-state index contributed by atoms with van der Waals surface area (Å²) >= 11 is 0. The van der Waals surface area contributed by atoms with Gasteiger partial charge >= 0.3 is 7.82 Å². The molecule has 0 spiro atoms. The quantitative estimate of drug-likeness (QED) is 0.0416. The topological polar surface area (TPSA) is 195 Å². The van der Waals surface area contributed by atoms with Gasteiger partial charge in [-0.05, 0) is 49.2 Å². The van der Waals surface area contributed by atoms with E-state index in [9.17, 15) is 29.3 Å². The van der Waals surface area contributed by atoms with Gasteiger partial charge in [0.15, 0.2) is 5.82 Å². The molecule has 0 bridgehead atoms. The van der Waals surface area contributed by atoms with Crippen molar-refractivity contribution in [3.8, 4) is 6.07 Å². The molecule has 0 aliphatic heterocycles. The molecule has 2 aromatic heterocycles. The number of fused-ring (bicyclic) bond motifs is 1. The number of hydrogen-bond donors (Lipinski definition) is 4. The molecular weight excluding hydrogens is 704 g/mol. The van der Waals surface area contributed by atoms with Crippen molar-refractivity contribution in [2.45, 2.75) is 141 Å². The van der Waals surface area contributed by atoms with Crippen LogP contribution >= 0.6 is 7.82 Å². The molecule has 3 aromatic rings. The summed E-state index contributed by atoms with van der Waals surface area (Å²) in [7, 11) is -3.45. The molecule has 5 N–H and O–H groups in total. The van der Waals surface area contributed by atoms with E-state index in [4.69, 9.17) is 24.3 Å². The molecule has 2 heterocycles. The summed E-state index contributed by atoms with van der Waals surface area (Å²) in [5.74, 6) is -0.384. The van der Waals surface area contributed by atoms with Gasteiger partial charge in [0.1, 0.15) is 35.5 Å². The second-order valence-electron chi connectivity index (χ2n) is 13.9. The minimum absolute atomic E-state index is 0.0352. The van der Waals surface area contributed by atoms with Crippen LogP contribution in [0.15, 0.2) is 36.7 Å². The first kappa shape index (κ1) is 44.4. The molecule has 13 nitrogen and oxygen atoms in total. The van der Waals surface area contributed by atoms with Crippen molar-refractivity contribution in [2.24, 2.45) is 0 Å². The highest BCUT2D eigenvalue weighted by Crippen LogP contribution is 2.45. The van der Waals surface area contributed by atoms with Crippen LogP contribution in [0.2, 0.25) is 0 Å². The smallest absolute Gasteiger partial charge is 0.387 e. The van der Waals surface area contributed by atoms with Gasteiger partial charge < -0.3 is 30.3 Å². The highest BCUT2D eigenvalue weighted by molar-refractivity contribution is 7.47. The first-order chi connectivity index (χ1) is 25.4. The lowest BCUT2D eigenvalue weighted by molar-refractivity contribution is -0.154. The van der Waals surface area contributed by atoms with Crippen LogP contribution in [0.4, 0.5) is 10.2 Å². The molecule has 1 aromatic carbocycles. The number of methoxy groups -OCH3 is 1. The van der Waals surface area contributed by atoms with Crippen LogP contribution in [-0.4, -0.2) is 67.8 Å². The van der Waals surface area contributed by atoms with Crippen molar-refractivity contribution in [1.29, 1.82) is 5.26 Å². The maximum Gasteiger partial charge on any atom is 0.472 e. The number of unbranched alkanes of at least 4 members (excludes halogenated alkanes) is 13. The molecule has 3 rings (SSSR count). The van der Waals surface area contributed by atoms with Crippen LogP contribution in [0, 0.1) is 17.1 Å². The minimum atomic E-state index is -4.72. The van der Waals surface area contributed by atoms with Gasteiger partial charge in [-0.2, -0.15) is 10.4 Å².